The van der Waals surface area contributed by atoms with Crippen LogP contribution in [0.15, 0.2) is 23.3 Å². The lowest BCUT2D eigenvalue weighted by atomic mass is 9.76. The Labute approximate surface area is 122 Å². The van der Waals surface area contributed by atoms with Crippen molar-refractivity contribution in [2.45, 2.75) is 38.2 Å². The maximum atomic E-state index is 10.4. The van der Waals surface area contributed by atoms with Gasteiger partial charge in [-0.2, -0.15) is 0 Å². The van der Waals surface area contributed by atoms with Gasteiger partial charge >= 0.3 is 0 Å². The number of nitrogens with zero attached hydrogens (tertiary/aromatic N) is 2. The zero-order chi connectivity index (χ0) is 13.9. The lowest BCUT2D eigenvalue weighted by molar-refractivity contribution is 0.0776. The van der Waals surface area contributed by atoms with Crippen molar-refractivity contribution in [3.05, 3.63) is 23.3 Å². The third kappa shape index (κ3) is 3.33. The minimum absolute atomic E-state index is 0.104. The van der Waals surface area contributed by atoms with E-state index >= 15 is 0 Å². The first-order valence-electron chi connectivity index (χ1n) is 8.16. The van der Waals surface area contributed by atoms with Gasteiger partial charge in [0.05, 0.1) is 6.10 Å². The van der Waals surface area contributed by atoms with Gasteiger partial charge in [-0.25, -0.2) is 0 Å². The molecule has 0 aromatic heterocycles. The maximum Gasteiger partial charge on any atom is 0.0609 e. The van der Waals surface area contributed by atoms with Gasteiger partial charge in [0.2, 0.25) is 0 Å². The van der Waals surface area contributed by atoms with Gasteiger partial charge in [0.1, 0.15) is 0 Å². The molecular weight excluding hydrogens is 248 g/mol. The van der Waals surface area contributed by atoms with Crippen molar-refractivity contribution in [1.82, 2.24) is 9.80 Å². The maximum absolute atomic E-state index is 10.4. The summed E-state index contributed by atoms with van der Waals surface area (Å²) in [5.74, 6) is 0.486. The van der Waals surface area contributed by atoms with E-state index in [4.69, 9.17) is 0 Å². The minimum atomic E-state index is -0.104. The normalized spacial score (nSPS) is 32.5. The van der Waals surface area contributed by atoms with Crippen molar-refractivity contribution in [3.8, 4) is 0 Å². The molecule has 2 atom stereocenters. The molecule has 0 unspecified atom stereocenters. The fraction of sp³-hybridized carbons (Fsp3) is 0.765. The van der Waals surface area contributed by atoms with E-state index in [9.17, 15) is 5.11 Å². The van der Waals surface area contributed by atoms with Gasteiger partial charge in [-0.1, -0.05) is 23.3 Å². The number of aliphatic hydroxyl groups is 1. The molecule has 1 fully saturated rings. The zero-order valence-electron chi connectivity index (χ0n) is 12.7. The molecule has 1 N–H and O–H groups in total. The van der Waals surface area contributed by atoms with Gasteiger partial charge in [0.25, 0.3) is 0 Å². The van der Waals surface area contributed by atoms with Crippen molar-refractivity contribution < 1.29 is 5.11 Å². The number of allylic oxidation sites excluding steroid dienone is 3. The average molecular weight is 276 g/mol. The summed E-state index contributed by atoms with van der Waals surface area (Å²) in [6.45, 7) is 5.92. The van der Waals surface area contributed by atoms with Crippen LogP contribution in [0.3, 0.4) is 0 Å². The monoisotopic (exact) mass is 276 g/mol. The molecule has 0 radical (unpaired) electrons. The molecule has 3 aliphatic rings. The molecule has 2 aliphatic carbocycles. The first-order chi connectivity index (χ1) is 9.72. The van der Waals surface area contributed by atoms with Crippen molar-refractivity contribution >= 4 is 0 Å². The van der Waals surface area contributed by atoms with Crippen molar-refractivity contribution in [3.63, 3.8) is 0 Å². The summed E-state index contributed by atoms with van der Waals surface area (Å²) in [6.07, 6.45) is 9.88. The molecule has 0 saturated carbocycles. The Balaban J connectivity index is 1.49. The van der Waals surface area contributed by atoms with Crippen molar-refractivity contribution in [2.24, 2.45) is 5.92 Å². The molecule has 1 saturated heterocycles. The topological polar surface area (TPSA) is 26.7 Å². The molecule has 20 heavy (non-hydrogen) atoms. The summed E-state index contributed by atoms with van der Waals surface area (Å²) in [7, 11) is 2.20. The molecule has 3 nitrogen and oxygen atoms in total. The Hall–Kier alpha value is -0.640. The molecule has 0 aromatic carbocycles. The predicted molar refractivity (Wildman–Crippen MR) is 82.7 cm³/mol. The van der Waals surface area contributed by atoms with Crippen LogP contribution in [0.5, 0.6) is 0 Å². The summed E-state index contributed by atoms with van der Waals surface area (Å²) in [4.78, 5) is 4.97. The van der Waals surface area contributed by atoms with Crippen LogP contribution in [-0.2, 0) is 0 Å². The van der Waals surface area contributed by atoms with Crippen LogP contribution in [0.2, 0.25) is 0 Å². The quantitative estimate of drug-likeness (QED) is 0.799. The van der Waals surface area contributed by atoms with Gasteiger partial charge in [0, 0.05) is 26.2 Å². The van der Waals surface area contributed by atoms with Gasteiger partial charge in [-0.05, 0) is 51.6 Å². The number of likely N-dealkylation sites (N-methyl/N-ethyl adjacent to an activating group) is 1. The summed E-state index contributed by atoms with van der Waals surface area (Å²) < 4.78 is 0. The predicted octanol–water partition coefficient (Wildman–Crippen LogP) is 2.04. The molecular formula is C17H28N2O. The largest absolute Gasteiger partial charge is 0.392 e. The number of hydrogen-bond acceptors (Lipinski definition) is 3. The van der Waals surface area contributed by atoms with Crippen LogP contribution < -0.4 is 0 Å². The first kappa shape index (κ1) is 14.3. The standard InChI is InChI=1S/C17H28N2O/c1-18-8-10-19(11-9-18)7-6-16-12-14-4-2-3-5-15(14)13-17(16)20/h2-3,16-17,20H,4-13H2,1H3/t16-,17-/m1/s1. The average Bonchev–Trinajstić information content (AvgIpc) is 2.47. The highest BCUT2D eigenvalue weighted by atomic mass is 16.3. The summed E-state index contributed by atoms with van der Waals surface area (Å²) >= 11 is 0. The fourth-order valence-corrected chi connectivity index (χ4v) is 3.78. The number of aliphatic hydroxyl groups excluding tert-OH is 1. The van der Waals surface area contributed by atoms with Crippen LogP contribution in [0.4, 0.5) is 0 Å². The van der Waals surface area contributed by atoms with Gasteiger partial charge < -0.3 is 14.9 Å². The second kappa shape index (κ2) is 6.42. The number of hydrogen-bond donors (Lipinski definition) is 1. The Morgan fingerprint density at radius 3 is 2.40 bits per heavy atom. The smallest absolute Gasteiger partial charge is 0.0609 e. The highest BCUT2D eigenvalue weighted by molar-refractivity contribution is 5.27. The van der Waals surface area contributed by atoms with E-state index in [2.05, 4.69) is 29.0 Å². The molecule has 3 heteroatoms. The Kier molecular flexibility index (Phi) is 4.59. The number of piperazine rings is 1. The highest BCUT2D eigenvalue weighted by Crippen LogP contribution is 2.37. The van der Waals surface area contributed by atoms with Crippen molar-refractivity contribution in [2.75, 3.05) is 39.8 Å². The summed E-state index contributed by atoms with van der Waals surface area (Å²) in [5, 5.41) is 10.4. The molecule has 112 valence electrons. The zero-order valence-corrected chi connectivity index (χ0v) is 12.7. The van der Waals surface area contributed by atoms with E-state index in [0.717, 1.165) is 38.6 Å². The van der Waals surface area contributed by atoms with Gasteiger partial charge in [0.15, 0.2) is 0 Å². The van der Waals surface area contributed by atoms with Gasteiger partial charge in [-0.3, -0.25) is 0 Å². The van der Waals surface area contributed by atoms with Crippen LogP contribution >= 0.6 is 0 Å². The summed E-state index contributed by atoms with van der Waals surface area (Å²) in [6, 6.07) is 0. The fourth-order valence-electron chi connectivity index (χ4n) is 3.78. The van der Waals surface area contributed by atoms with E-state index < -0.39 is 0 Å². The Bertz CT molecular complexity index is 394. The van der Waals surface area contributed by atoms with E-state index in [1.807, 2.05) is 0 Å². The second-order valence-corrected chi connectivity index (χ2v) is 6.76. The molecule has 0 spiro atoms. The molecule has 3 rings (SSSR count). The van der Waals surface area contributed by atoms with E-state index in [0.29, 0.717) is 5.92 Å². The highest BCUT2D eigenvalue weighted by Gasteiger charge is 2.29. The Morgan fingerprint density at radius 2 is 1.70 bits per heavy atom. The molecule has 1 aliphatic heterocycles. The van der Waals surface area contributed by atoms with E-state index in [1.165, 1.54) is 31.8 Å². The van der Waals surface area contributed by atoms with E-state index in [1.54, 1.807) is 5.57 Å². The lowest BCUT2D eigenvalue weighted by Gasteiger charge is -2.36. The second-order valence-electron chi connectivity index (χ2n) is 6.76. The van der Waals surface area contributed by atoms with Gasteiger partial charge in [-0.15, -0.1) is 0 Å². The molecule has 0 amide bonds. The van der Waals surface area contributed by atoms with Crippen LogP contribution in [-0.4, -0.2) is 60.8 Å². The van der Waals surface area contributed by atoms with Crippen LogP contribution in [0.25, 0.3) is 0 Å². The SMILES string of the molecule is CN1CCN(CC[C@@H]2CC3=C(CC=CC3)C[C@H]2O)CC1. The van der Waals surface area contributed by atoms with Crippen molar-refractivity contribution in [1.29, 1.82) is 0 Å². The molecule has 1 heterocycles. The third-order valence-corrected chi connectivity index (χ3v) is 5.32. The van der Waals surface area contributed by atoms with E-state index in [-0.39, 0.29) is 6.10 Å². The van der Waals surface area contributed by atoms with Crippen LogP contribution in [0.1, 0.15) is 32.1 Å². The molecule has 0 bridgehead atoms. The summed E-state index contributed by atoms with van der Waals surface area (Å²) in [5.41, 5.74) is 3.15. The minimum Gasteiger partial charge on any atom is -0.392 e. The van der Waals surface area contributed by atoms with Crippen LogP contribution in [0, 0.1) is 5.92 Å². The lowest BCUT2D eigenvalue weighted by Crippen LogP contribution is -2.45. The number of rotatable bonds is 3. The molecule has 0 aromatic rings. The first-order valence-corrected chi connectivity index (χ1v) is 8.16. The third-order valence-electron chi connectivity index (χ3n) is 5.32. The Morgan fingerprint density at radius 1 is 1.05 bits per heavy atom.